The third-order valence-corrected chi connectivity index (χ3v) is 4.33. The molecule has 0 aliphatic carbocycles. The van der Waals surface area contributed by atoms with E-state index in [2.05, 4.69) is 89.0 Å². The predicted molar refractivity (Wildman–Crippen MR) is 145 cm³/mol. The molecule has 0 bridgehead atoms. The minimum Gasteiger partial charge on any atom is -0.462 e. The molecular weight excluding hydrogens is 476 g/mol. The van der Waals surface area contributed by atoms with Crippen molar-refractivity contribution in [3.63, 3.8) is 0 Å². The summed E-state index contributed by atoms with van der Waals surface area (Å²) in [7, 11) is 0. The summed E-state index contributed by atoms with van der Waals surface area (Å²) in [5.41, 5.74) is 0.194. The van der Waals surface area contributed by atoms with Gasteiger partial charge in [-0.3, -0.25) is 4.79 Å². The number of carbonyl (C=O) groups excluding carboxylic acids is 2. The Morgan fingerprint density at radius 2 is 1.29 bits per heavy atom. The number of esters is 2. The van der Waals surface area contributed by atoms with Crippen LogP contribution < -0.4 is 4.74 Å². The van der Waals surface area contributed by atoms with Crippen LogP contribution in [0.15, 0.2) is 30.3 Å². The van der Waals surface area contributed by atoms with Crippen molar-refractivity contribution in [3.05, 3.63) is 35.9 Å². The summed E-state index contributed by atoms with van der Waals surface area (Å²) < 4.78 is 15.4. The molecule has 0 N–H and O–H groups in total. The Morgan fingerprint density at radius 3 is 1.82 bits per heavy atom. The van der Waals surface area contributed by atoms with Crippen molar-refractivity contribution >= 4 is 18.0 Å². The molecule has 0 amide bonds. The summed E-state index contributed by atoms with van der Waals surface area (Å²) in [6, 6.07) is 6.85. The quantitative estimate of drug-likeness (QED) is 0.239. The van der Waals surface area contributed by atoms with Gasteiger partial charge >= 0.3 is 11.9 Å². The first-order valence-electron chi connectivity index (χ1n) is 11.1. The first kappa shape index (κ1) is 30.2. The number of terminal acetylenes is 1. The molecule has 1 aromatic rings. The van der Waals surface area contributed by atoms with E-state index in [4.69, 9.17) is 20.6 Å². The van der Waals surface area contributed by atoms with Crippen LogP contribution in [-0.2, 0) is 19.1 Å². The normalized spacial score (nSPS) is 8.37. The third-order valence-electron chi connectivity index (χ3n) is 4.33. The molecule has 0 saturated heterocycles. The summed E-state index contributed by atoms with van der Waals surface area (Å²) >= 11 is 0. The fourth-order valence-corrected chi connectivity index (χ4v) is 1.97. The zero-order valence-electron chi connectivity index (χ0n) is 21.2. The van der Waals surface area contributed by atoms with Crippen LogP contribution in [0.1, 0.15) is 32.8 Å². The summed E-state index contributed by atoms with van der Waals surface area (Å²) in [6.07, 6.45) is 10.9. The molecule has 0 aliphatic rings. The smallest absolute Gasteiger partial charge is 0.330 e. The van der Waals surface area contributed by atoms with E-state index in [1.54, 1.807) is 44.2 Å². The van der Waals surface area contributed by atoms with E-state index in [9.17, 15) is 9.59 Å². The SMILES string of the molecule is C#CC#CC#CC#CC#CC#CC#CC#COc1ccc(/C=C/C(=O)OCCOC(=O)C(C)(C)CC)cc1. The Hall–Kier alpha value is -5.82. The molecule has 0 aromatic heterocycles. The lowest BCUT2D eigenvalue weighted by atomic mass is 9.91. The van der Waals surface area contributed by atoms with Gasteiger partial charge in [0.05, 0.1) is 5.41 Å². The van der Waals surface area contributed by atoms with E-state index in [1.807, 2.05) is 6.92 Å². The second kappa shape index (κ2) is 18.5. The lowest BCUT2D eigenvalue weighted by Gasteiger charge is -2.20. The number of hydrogen-bond donors (Lipinski definition) is 0. The zero-order chi connectivity index (χ0) is 27.9. The second-order valence-electron chi connectivity index (χ2n) is 7.42. The topological polar surface area (TPSA) is 61.8 Å². The van der Waals surface area contributed by atoms with Gasteiger partial charge in [0.2, 0.25) is 0 Å². The van der Waals surface area contributed by atoms with Gasteiger partial charge in [-0.2, -0.15) is 0 Å². The third kappa shape index (κ3) is 14.4. The van der Waals surface area contributed by atoms with Crippen LogP contribution in [0.5, 0.6) is 5.75 Å². The van der Waals surface area contributed by atoms with E-state index in [1.165, 1.54) is 6.08 Å². The highest BCUT2D eigenvalue weighted by atomic mass is 16.6. The van der Waals surface area contributed by atoms with E-state index < -0.39 is 11.4 Å². The van der Waals surface area contributed by atoms with Crippen LogP contribution in [0.4, 0.5) is 0 Å². The Morgan fingerprint density at radius 1 is 0.789 bits per heavy atom. The van der Waals surface area contributed by atoms with Gasteiger partial charge in [0.15, 0.2) is 0 Å². The largest absolute Gasteiger partial charge is 0.462 e. The van der Waals surface area contributed by atoms with Crippen molar-refractivity contribution in [1.29, 1.82) is 0 Å². The first-order valence-corrected chi connectivity index (χ1v) is 11.1. The number of carbonyl (C=O) groups is 2. The molecule has 0 heterocycles. The fourth-order valence-electron chi connectivity index (χ4n) is 1.97. The summed E-state index contributed by atoms with van der Waals surface area (Å²) in [6.45, 7) is 5.50. The Balaban J connectivity index is 2.41. The Bertz CT molecular complexity index is 1520. The molecule has 1 aromatic carbocycles. The standard InChI is InChI=1S/C33H22O5/c1-5-7-8-9-10-11-12-13-14-15-16-17-18-19-26-36-30-23-20-29(21-24-30)22-25-31(34)37-27-28-38-32(35)33(3,4)6-2/h1,20-25H,6,27-28H2,2-4H3/b25-22+. The average molecular weight is 499 g/mol. The molecule has 38 heavy (non-hydrogen) atoms. The Labute approximate surface area is 224 Å². The highest BCUT2D eigenvalue weighted by Gasteiger charge is 2.26. The van der Waals surface area contributed by atoms with Crippen molar-refractivity contribution in [1.82, 2.24) is 0 Å². The molecule has 0 fully saturated rings. The average Bonchev–Trinajstić information content (AvgIpc) is 2.92. The minimum atomic E-state index is -0.559. The van der Waals surface area contributed by atoms with Gasteiger partial charge in [-0.1, -0.05) is 19.1 Å². The van der Waals surface area contributed by atoms with Gasteiger partial charge in [0.25, 0.3) is 0 Å². The molecule has 5 heteroatoms. The lowest BCUT2D eigenvalue weighted by Crippen LogP contribution is -2.27. The van der Waals surface area contributed by atoms with Crippen LogP contribution in [0.25, 0.3) is 6.08 Å². The predicted octanol–water partition coefficient (Wildman–Crippen LogP) is 3.22. The van der Waals surface area contributed by atoms with Crippen molar-refractivity contribution < 1.29 is 23.8 Å². The first-order chi connectivity index (χ1) is 18.4. The summed E-state index contributed by atoms with van der Waals surface area (Å²) in [5, 5.41) is 0. The summed E-state index contributed by atoms with van der Waals surface area (Å²) in [5.74, 6) is 33.9. The molecule has 0 saturated carbocycles. The Kier molecular flexibility index (Phi) is 14.7. The van der Waals surface area contributed by atoms with Crippen molar-refractivity contribution in [2.45, 2.75) is 27.2 Å². The highest BCUT2D eigenvalue weighted by molar-refractivity contribution is 5.87. The van der Waals surface area contributed by atoms with Crippen LogP contribution in [-0.4, -0.2) is 25.2 Å². The van der Waals surface area contributed by atoms with Crippen molar-refractivity contribution in [2.24, 2.45) is 5.41 Å². The zero-order valence-corrected chi connectivity index (χ0v) is 21.2. The van der Waals surface area contributed by atoms with E-state index >= 15 is 0 Å². The van der Waals surface area contributed by atoms with Gasteiger partial charge in [-0.05, 0) is 85.5 Å². The molecule has 1 rings (SSSR count). The van der Waals surface area contributed by atoms with Crippen molar-refractivity contribution in [2.75, 3.05) is 13.2 Å². The number of rotatable bonds is 8. The molecule has 0 spiro atoms. The minimum absolute atomic E-state index is 0.0108. The molecule has 184 valence electrons. The molecular formula is C33H22O5. The molecule has 0 aliphatic heterocycles. The fraction of sp³-hybridized carbons (Fsp3) is 0.212. The van der Waals surface area contributed by atoms with Gasteiger partial charge in [0, 0.05) is 47.5 Å². The molecule has 0 radical (unpaired) electrons. The van der Waals surface area contributed by atoms with Crippen molar-refractivity contribution in [3.8, 4) is 101 Å². The van der Waals surface area contributed by atoms with E-state index in [-0.39, 0.29) is 19.2 Å². The van der Waals surface area contributed by atoms with Gasteiger partial charge in [-0.25, -0.2) is 4.79 Å². The lowest BCUT2D eigenvalue weighted by molar-refractivity contribution is -0.157. The number of ether oxygens (including phenoxy) is 3. The monoisotopic (exact) mass is 498 g/mol. The van der Waals surface area contributed by atoms with Crippen LogP contribution in [0.2, 0.25) is 0 Å². The van der Waals surface area contributed by atoms with E-state index in [0.29, 0.717) is 12.2 Å². The maximum Gasteiger partial charge on any atom is 0.330 e. The highest BCUT2D eigenvalue weighted by Crippen LogP contribution is 2.21. The van der Waals surface area contributed by atoms with E-state index in [0.717, 1.165) is 5.56 Å². The molecule has 5 nitrogen and oxygen atoms in total. The van der Waals surface area contributed by atoms with Gasteiger partial charge in [-0.15, -0.1) is 6.42 Å². The maximum absolute atomic E-state index is 11.9. The van der Waals surface area contributed by atoms with Crippen LogP contribution in [0, 0.1) is 101 Å². The molecule has 0 unspecified atom stereocenters. The molecule has 0 atom stereocenters. The second-order valence-corrected chi connectivity index (χ2v) is 7.42. The van der Waals surface area contributed by atoms with Gasteiger partial charge < -0.3 is 14.2 Å². The van der Waals surface area contributed by atoms with Crippen LogP contribution >= 0.6 is 0 Å². The number of hydrogen-bond acceptors (Lipinski definition) is 5. The van der Waals surface area contributed by atoms with Crippen LogP contribution in [0.3, 0.4) is 0 Å². The maximum atomic E-state index is 11.9. The van der Waals surface area contributed by atoms with Gasteiger partial charge in [0.1, 0.15) is 25.1 Å². The number of benzene rings is 1. The summed E-state index contributed by atoms with van der Waals surface area (Å²) in [4.78, 5) is 23.7.